The maximum atomic E-state index is 12.8. The lowest BCUT2D eigenvalue weighted by Gasteiger charge is -2.40. The second kappa shape index (κ2) is 9.09. The van der Waals surface area contributed by atoms with E-state index in [-0.39, 0.29) is 5.91 Å². The van der Waals surface area contributed by atoms with Gasteiger partial charge in [0, 0.05) is 18.6 Å². The predicted molar refractivity (Wildman–Crippen MR) is 100 cm³/mol. The third-order valence-corrected chi connectivity index (χ3v) is 5.14. The minimum absolute atomic E-state index is 0.238. The average molecular weight is 348 g/mol. The number of likely N-dealkylation sites (N-methyl/N-ethyl adjacent to an activating group) is 1. The Morgan fingerprint density at radius 3 is 2.36 bits per heavy atom. The van der Waals surface area contributed by atoms with E-state index in [2.05, 4.69) is 30.6 Å². The van der Waals surface area contributed by atoms with Crippen LogP contribution in [-0.2, 0) is 11.3 Å². The second-order valence-corrected chi connectivity index (χ2v) is 6.92. The number of likely N-dealkylation sites (tertiary alicyclic amines) is 1. The molecule has 2 atom stereocenters. The third kappa shape index (κ3) is 4.88. The van der Waals surface area contributed by atoms with E-state index in [0.717, 1.165) is 43.0 Å². The highest BCUT2D eigenvalue weighted by Crippen LogP contribution is 2.28. The molecule has 1 heterocycles. The first-order chi connectivity index (χ1) is 12.0. The molecule has 1 saturated heterocycles. The average Bonchev–Trinajstić information content (AvgIpc) is 2.60. The molecule has 1 aliphatic rings. The zero-order valence-electron chi connectivity index (χ0n) is 16.2. The summed E-state index contributed by atoms with van der Waals surface area (Å²) in [6.45, 7) is 8.43. The summed E-state index contributed by atoms with van der Waals surface area (Å²) < 4.78 is 10.7. The van der Waals surface area contributed by atoms with Crippen molar-refractivity contribution in [2.24, 2.45) is 0 Å². The predicted octanol–water partition coefficient (Wildman–Crippen LogP) is 3.32. The lowest BCUT2D eigenvalue weighted by Crippen LogP contribution is -2.51. The summed E-state index contributed by atoms with van der Waals surface area (Å²) in [5.74, 6) is 1.68. The molecule has 0 bridgehead atoms. The minimum Gasteiger partial charge on any atom is -0.493 e. The molecule has 1 aromatic carbocycles. The smallest absolute Gasteiger partial charge is 0.237 e. The summed E-state index contributed by atoms with van der Waals surface area (Å²) in [5.41, 5.74) is 1.12. The molecule has 140 valence electrons. The molecule has 2 unspecified atom stereocenters. The van der Waals surface area contributed by atoms with Crippen LogP contribution in [0.5, 0.6) is 11.5 Å². The van der Waals surface area contributed by atoms with Gasteiger partial charge in [-0.05, 0) is 57.4 Å². The Labute approximate surface area is 151 Å². The molecule has 0 aliphatic carbocycles. The van der Waals surface area contributed by atoms with Crippen molar-refractivity contribution in [1.29, 1.82) is 0 Å². The van der Waals surface area contributed by atoms with Gasteiger partial charge in [0.2, 0.25) is 5.91 Å². The molecule has 1 aliphatic heterocycles. The third-order valence-electron chi connectivity index (χ3n) is 5.14. The van der Waals surface area contributed by atoms with Gasteiger partial charge in [0.1, 0.15) is 0 Å². The highest BCUT2D eigenvalue weighted by molar-refractivity contribution is 5.79. The van der Waals surface area contributed by atoms with Gasteiger partial charge in [-0.1, -0.05) is 13.0 Å². The van der Waals surface area contributed by atoms with Crippen molar-refractivity contribution in [2.75, 3.05) is 27.3 Å². The molecule has 2 rings (SSSR count). The fraction of sp³-hybridized carbons (Fsp3) is 0.650. The molecule has 5 nitrogen and oxygen atoms in total. The SMILES string of the molecule is CCN(CC(=O)N1C(C)CCCC1C)Cc1ccc(OC)c(OC)c1. The van der Waals surface area contributed by atoms with Crippen molar-refractivity contribution >= 4 is 5.91 Å². The van der Waals surface area contributed by atoms with Gasteiger partial charge >= 0.3 is 0 Å². The van der Waals surface area contributed by atoms with Crippen LogP contribution in [0, 0.1) is 0 Å². The molecule has 0 aromatic heterocycles. The fourth-order valence-electron chi connectivity index (χ4n) is 3.70. The van der Waals surface area contributed by atoms with Crippen LogP contribution in [0.25, 0.3) is 0 Å². The molecule has 25 heavy (non-hydrogen) atoms. The van der Waals surface area contributed by atoms with E-state index < -0.39 is 0 Å². The quantitative estimate of drug-likeness (QED) is 0.758. The summed E-state index contributed by atoms with van der Waals surface area (Å²) in [6.07, 6.45) is 3.44. The Kier molecular flexibility index (Phi) is 7.12. The first kappa shape index (κ1) is 19.6. The number of carbonyl (C=O) groups is 1. The van der Waals surface area contributed by atoms with Crippen LogP contribution >= 0.6 is 0 Å². The standard InChI is InChI=1S/C20H32N2O3/c1-6-21(13-17-10-11-18(24-4)19(12-17)25-5)14-20(23)22-15(2)8-7-9-16(22)3/h10-12,15-16H,6-9,13-14H2,1-5H3. The first-order valence-corrected chi connectivity index (χ1v) is 9.24. The number of carbonyl (C=O) groups excluding carboxylic acids is 1. The number of rotatable bonds is 7. The van der Waals surface area contributed by atoms with E-state index in [1.54, 1.807) is 14.2 Å². The Hall–Kier alpha value is -1.75. The van der Waals surface area contributed by atoms with Gasteiger partial charge in [-0.15, -0.1) is 0 Å². The van der Waals surface area contributed by atoms with Crippen LogP contribution < -0.4 is 9.47 Å². The molecular formula is C20H32N2O3. The van der Waals surface area contributed by atoms with E-state index in [0.29, 0.717) is 18.6 Å². The van der Waals surface area contributed by atoms with Gasteiger partial charge in [-0.25, -0.2) is 0 Å². The summed E-state index contributed by atoms with van der Waals surface area (Å²) in [4.78, 5) is 17.1. The Morgan fingerprint density at radius 1 is 1.16 bits per heavy atom. The van der Waals surface area contributed by atoms with Crippen molar-refractivity contribution in [3.63, 3.8) is 0 Å². The number of hydrogen-bond acceptors (Lipinski definition) is 4. The van der Waals surface area contributed by atoms with Gasteiger partial charge in [-0.2, -0.15) is 0 Å². The first-order valence-electron chi connectivity index (χ1n) is 9.24. The number of piperidine rings is 1. The van der Waals surface area contributed by atoms with Crippen molar-refractivity contribution in [1.82, 2.24) is 9.80 Å². The van der Waals surface area contributed by atoms with Crippen LogP contribution in [-0.4, -0.2) is 55.1 Å². The molecule has 1 amide bonds. The summed E-state index contributed by atoms with van der Waals surface area (Å²) >= 11 is 0. The molecule has 0 N–H and O–H groups in total. The van der Waals surface area contributed by atoms with Crippen LogP contribution in [0.4, 0.5) is 0 Å². The summed E-state index contributed by atoms with van der Waals surface area (Å²) in [6, 6.07) is 6.62. The topological polar surface area (TPSA) is 42.0 Å². The lowest BCUT2D eigenvalue weighted by molar-refractivity contribution is -0.138. The van der Waals surface area contributed by atoms with Gasteiger partial charge in [0.15, 0.2) is 11.5 Å². The van der Waals surface area contributed by atoms with Crippen LogP contribution in [0.3, 0.4) is 0 Å². The van der Waals surface area contributed by atoms with E-state index >= 15 is 0 Å². The maximum absolute atomic E-state index is 12.8. The maximum Gasteiger partial charge on any atom is 0.237 e. The van der Waals surface area contributed by atoms with E-state index in [4.69, 9.17) is 9.47 Å². The second-order valence-electron chi connectivity index (χ2n) is 6.92. The number of ether oxygens (including phenoxy) is 2. The zero-order valence-corrected chi connectivity index (χ0v) is 16.2. The van der Waals surface area contributed by atoms with Gasteiger partial charge in [-0.3, -0.25) is 9.69 Å². The zero-order chi connectivity index (χ0) is 18.4. The van der Waals surface area contributed by atoms with Crippen LogP contribution in [0.15, 0.2) is 18.2 Å². The van der Waals surface area contributed by atoms with Gasteiger partial charge in [0.05, 0.1) is 20.8 Å². The molecular weight excluding hydrogens is 316 g/mol. The number of amides is 1. The highest BCUT2D eigenvalue weighted by atomic mass is 16.5. The number of hydrogen-bond donors (Lipinski definition) is 0. The number of nitrogens with zero attached hydrogens (tertiary/aromatic N) is 2. The normalized spacial score (nSPS) is 20.6. The van der Waals surface area contributed by atoms with Gasteiger partial charge < -0.3 is 14.4 Å². The van der Waals surface area contributed by atoms with E-state index in [1.807, 2.05) is 18.2 Å². The van der Waals surface area contributed by atoms with Crippen molar-refractivity contribution < 1.29 is 14.3 Å². The van der Waals surface area contributed by atoms with Crippen molar-refractivity contribution in [3.8, 4) is 11.5 Å². The van der Waals surface area contributed by atoms with Crippen molar-refractivity contribution in [3.05, 3.63) is 23.8 Å². The minimum atomic E-state index is 0.238. The monoisotopic (exact) mass is 348 g/mol. The van der Waals surface area contributed by atoms with Crippen LogP contribution in [0.2, 0.25) is 0 Å². The highest BCUT2D eigenvalue weighted by Gasteiger charge is 2.29. The fourth-order valence-corrected chi connectivity index (χ4v) is 3.70. The Morgan fingerprint density at radius 2 is 1.80 bits per heavy atom. The number of methoxy groups -OCH3 is 2. The van der Waals surface area contributed by atoms with Crippen LogP contribution in [0.1, 0.15) is 45.6 Å². The number of benzene rings is 1. The molecule has 1 aromatic rings. The van der Waals surface area contributed by atoms with E-state index in [9.17, 15) is 4.79 Å². The Balaban J connectivity index is 2.03. The van der Waals surface area contributed by atoms with E-state index in [1.165, 1.54) is 6.42 Å². The molecule has 5 heteroatoms. The largest absolute Gasteiger partial charge is 0.493 e. The Bertz CT molecular complexity index is 566. The summed E-state index contributed by atoms with van der Waals surface area (Å²) in [7, 11) is 3.28. The molecule has 0 saturated carbocycles. The molecule has 0 radical (unpaired) electrons. The molecule has 0 spiro atoms. The summed E-state index contributed by atoms with van der Waals surface area (Å²) in [5, 5.41) is 0. The van der Waals surface area contributed by atoms with Gasteiger partial charge in [0.25, 0.3) is 0 Å². The molecule has 1 fully saturated rings. The lowest BCUT2D eigenvalue weighted by atomic mass is 9.97. The van der Waals surface area contributed by atoms with Crippen molar-refractivity contribution in [2.45, 2.75) is 58.7 Å².